The number of ether oxygens (including phenoxy) is 1. The Bertz CT molecular complexity index is 395. The minimum atomic E-state index is -4.49. The number of anilines is 1. The monoisotopic (exact) mass is 252 g/mol. The van der Waals surface area contributed by atoms with Gasteiger partial charge in [-0.15, -0.1) is 0 Å². The Balaban J connectivity index is 2.35. The summed E-state index contributed by atoms with van der Waals surface area (Å²) in [5.41, 5.74) is 0. The lowest BCUT2D eigenvalue weighted by Crippen LogP contribution is -2.24. The molecule has 8 heteroatoms. The molecule has 1 heterocycles. The zero-order chi connectivity index (χ0) is 12.9. The van der Waals surface area contributed by atoms with Crippen molar-refractivity contribution in [2.75, 3.05) is 18.5 Å². The van der Waals surface area contributed by atoms with Gasteiger partial charge in [0.25, 0.3) is 5.91 Å². The molecule has 0 radical (unpaired) electrons. The average Bonchev–Trinajstić information content (AvgIpc) is 2.15. The van der Waals surface area contributed by atoms with E-state index in [1.807, 2.05) is 0 Å². The van der Waals surface area contributed by atoms with Crippen LogP contribution in [-0.2, 0) is 9.53 Å². The molecule has 0 saturated heterocycles. The number of hydrogen-bond donors (Lipinski definition) is 1. The van der Waals surface area contributed by atoms with E-state index in [2.05, 4.69) is 15.0 Å². The maximum Gasteiger partial charge on any atom is 0.411 e. The Kier molecular flexibility index (Phi) is 4.38. The number of nitrogens with one attached hydrogen (secondary N) is 1. The zero-order valence-electron chi connectivity index (χ0n) is 8.42. The zero-order valence-corrected chi connectivity index (χ0v) is 8.42. The number of alkyl halides is 3. The van der Waals surface area contributed by atoms with Gasteiger partial charge in [-0.1, -0.05) is 6.07 Å². The maximum absolute atomic E-state index is 12.6. The molecule has 0 unspecified atom stereocenters. The Morgan fingerprint density at radius 3 is 2.71 bits per heavy atom. The first-order chi connectivity index (χ1) is 7.87. The van der Waals surface area contributed by atoms with Crippen molar-refractivity contribution >= 4 is 11.7 Å². The van der Waals surface area contributed by atoms with Crippen molar-refractivity contribution in [2.24, 2.45) is 0 Å². The lowest BCUT2D eigenvalue weighted by atomic mass is 10.4. The van der Waals surface area contributed by atoms with E-state index in [0.717, 1.165) is 6.07 Å². The molecule has 0 bridgehead atoms. The standard InChI is InChI=1S/C9H8F4N2O2/c10-6-2-1-3-7(14-6)15-8(16)4-17-5-9(11,12)13/h1-3H,4-5H2,(H,14,15,16). The highest BCUT2D eigenvalue weighted by Crippen LogP contribution is 2.14. The first-order valence-electron chi connectivity index (χ1n) is 4.44. The van der Waals surface area contributed by atoms with Crippen molar-refractivity contribution in [3.05, 3.63) is 24.1 Å². The number of nitrogens with zero attached hydrogens (tertiary/aromatic N) is 1. The van der Waals surface area contributed by atoms with Crippen LogP contribution in [0.3, 0.4) is 0 Å². The Labute approximate surface area is 93.6 Å². The maximum atomic E-state index is 12.6. The number of amides is 1. The Morgan fingerprint density at radius 1 is 1.41 bits per heavy atom. The van der Waals surface area contributed by atoms with Gasteiger partial charge in [0, 0.05) is 0 Å². The van der Waals surface area contributed by atoms with Crippen molar-refractivity contribution < 1.29 is 27.1 Å². The highest BCUT2D eigenvalue weighted by atomic mass is 19.4. The highest BCUT2D eigenvalue weighted by molar-refractivity contribution is 5.90. The van der Waals surface area contributed by atoms with E-state index in [-0.39, 0.29) is 5.82 Å². The fourth-order valence-corrected chi connectivity index (χ4v) is 0.916. The van der Waals surface area contributed by atoms with Crippen LogP contribution < -0.4 is 5.32 Å². The Hall–Kier alpha value is -1.70. The summed E-state index contributed by atoms with van der Waals surface area (Å²) >= 11 is 0. The lowest BCUT2D eigenvalue weighted by molar-refractivity contribution is -0.174. The number of hydrogen-bond acceptors (Lipinski definition) is 3. The molecule has 0 aromatic carbocycles. The molecule has 1 aromatic rings. The third-order valence-electron chi connectivity index (χ3n) is 1.48. The van der Waals surface area contributed by atoms with Crippen LogP contribution in [0.2, 0.25) is 0 Å². The smallest absolute Gasteiger partial charge is 0.362 e. The second kappa shape index (κ2) is 5.58. The van der Waals surface area contributed by atoms with E-state index >= 15 is 0 Å². The van der Waals surface area contributed by atoms with Crippen molar-refractivity contribution in [3.63, 3.8) is 0 Å². The van der Waals surface area contributed by atoms with Crippen LogP contribution in [0.5, 0.6) is 0 Å². The van der Waals surface area contributed by atoms with Gasteiger partial charge >= 0.3 is 6.18 Å². The topological polar surface area (TPSA) is 51.2 Å². The summed E-state index contributed by atoms with van der Waals surface area (Å²) in [7, 11) is 0. The largest absolute Gasteiger partial charge is 0.411 e. The average molecular weight is 252 g/mol. The minimum Gasteiger partial charge on any atom is -0.362 e. The number of rotatable bonds is 4. The number of carbonyl (C=O) groups is 1. The summed E-state index contributed by atoms with van der Waals surface area (Å²) in [5.74, 6) is -1.74. The molecule has 1 aromatic heterocycles. The van der Waals surface area contributed by atoms with Crippen LogP contribution in [0.25, 0.3) is 0 Å². The van der Waals surface area contributed by atoms with Crippen LogP contribution >= 0.6 is 0 Å². The van der Waals surface area contributed by atoms with Crippen LogP contribution in [0.1, 0.15) is 0 Å². The molecule has 0 spiro atoms. The van der Waals surface area contributed by atoms with E-state index in [4.69, 9.17) is 0 Å². The van der Waals surface area contributed by atoms with E-state index in [9.17, 15) is 22.4 Å². The van der Waals surface area contributed by atoms with Gasteiger partial charge in [0.2, 0.25) is 5.95 Å². The summed E-state index contributed by atoms with van der Waals surface area (Å²) in [5, 5.41) is 2.09. The quantitative estimate of drug-likeness (QED) is 0.656. The van der Waals surface area contributed by atoms with E-state index < -0.39 is 31.2 Å². The Morgan fingerprint density at radius 2 is 2.12 bits per heavy atom. The van der Waals surface area contributed by atoms with Gasteiger partial charge in [0.05, 0.1) is 0 Å². The molecular weight excluding hydrogens is 244 g/mol. The summed E-state index contributed by atoms with van der Waals surface area (Å²) in [6.45, 7) is -2.30. The molecule has 17 heavy (non-hydrogen) atoms. The molecule has 0 atom stereocenters. The van der Waals surface area contributed by atoms with Gasteiger partial charge in [-0.05, 0) is 12.1 Å². The molecule has 0 saturated carbocycles. The van der Waals surface area contributed by atoms with E-state index in [0.29, 0.717) is 0 Å². The van der Waals surface area contributed by atoms with Crippen molar-refractivity contribution in [1.82, 2.24) is 4.98 Å². The molecule has 1 rings (SSSR count). The molecule has 0 aliphatic heterocycles. The summed E-state index contributed by atoms with van der Waals surface area (Å²) < 4.78 is 51.7. The van der Waals surface area contributed by atoms with Crippen molar-refractivity contribution in [3.8, 4) is 0 Å². The fourth-order valence-electron chi connectivity index (χ4n) is 0.916. The highest BCUT2D eigenvalue weighted by Gasteiger charge is 2.27. The first-order valence-corrected chi connectivity index (χ1v) is 4.44. The van der Waals surface area contributed by atoms with Gasteiger partial charge < -0.3 is 10.1 Å². The third-order valence-corrected chi connectivity index (χ3v) is 1.48. The predicted octanol–water partition coefficient (Wildman–Crippen LogP) is 1.74. The summed E-state index contributed by atoms with van der Waals surface area (Å²) in [6.07, 6.45) is -4.49. The van der Waals surface area contributed by atoms with Crippen LogP contribution in [0, 0.1) is 5.95 Å². The van der Waals surface area contributed by atoms with Gasteiger partial charge in [0.1, 0.15) is 19.0 Å². The van der Waals surface area contributed by atoms with Crippen LogP contribution in [-0.4, -0.2) is 30.3 Å². The molecule has 0 fully saturated rings. The second-order valence-corrected chi connectivity index (χ2v) is 3.00. The second-order valence-electron chi connectivity index (χ2n) is 3.00. The first kappa shape index (κ1) is 13.4. The van der Waals surface area contributed by atoms with E-state index in [1.165, 1.54) is 12.1 Å². The van der Waals surface area contributed by atoms with Gasteiger partial charge in [-0.25, -0.2) is 4.98 Å². The summed E-state index contributed by atoms with van der Waals surface area (Å²) in [6, 6.07) is 3.66. The molecule has 94 valence electrons. The fraction of sp³-hybridized carbons (Fsp3) is 0.333. The predicted molar refractivity (Wildman–Crippen MR) is 49.7 cm³/mol. The lowest BCUT2D eigenvalue weighted by Gasteiger charge is -2.07. The SMILES string of the molecule is O=C(COCC(F)(F)F)Nc1cccc(F)n1. The third kappa shape index (κ3) is 5.81. The molecule has 1 N–H and O–H groups in total. The number of carbonyl (C=O) groups excluding carboxylic acids is 1. The number of halogens is 4. The summed E-state index contributed by atoms with van der Waals surface area (Å²) in [4.78, 5) is 14.3. The molecule has 4 nitrogen and oxygen atoms in total. The van der Waals surface area contributed by atoms with Gasteiger partial charge in [-0.3, -0.25) is 4.79 Å². The molecule has 0 aliphatic carbocycles. The van der Waals surface area contributed by atoms with Crippen LogP contribution in [0.4, 0.5) is 23.4 Å². The normalized spacial score (nSPS) is 11.3. The van der Waals surface area contributed by atoms with E-state index in [1.54, 1.807) is 0 Å². The van der Waals surface area contributed by atoms with Gasteiger partial charge in [0.15, 0.2) is 0 Å². The van der Waals surface area contributed by atoms with Crippen molar-refractivity contribution in [1.29, 1.82) is 0 Å². The van der Waals surface area contributed by atoms with Gasteiger partial charge in [-0.2, -0.15) is 17.6 Å². The minimum absolute atomic E-state index is 0.0920. The van der Waals surface area contributed by atoms with Crippen molar-refractivity contribution in [2.45, 2.75) is 6.18 Å². The molecule has 1 amide bonds. The number of pyridine rings is 1. The molecule has 0 aliphatic rings. The van der Waals surface area contributed by atoms with Crippen LogP contribution in [0.15, 0.2) is 18.2 Å². The molecular formula is C9H8F4N2O2. The number of aromatic nitrogens is 1.